The third-order valence-corrected chi connectivity index (χ3v) is 8.64. The van der Waals surface area contributed by atoms with E-state index in [-0.39, 0.29) is 31.0 Å². The minimum atomic E-state index is -5.55. The summed E-state index contributed by atoms with van der Waals surface area (Å²) in [6.07, 6.45) is -6.68. The molecule has 2 aliphatic rings. The topological polar surface area (TPSA) is 77.0 Å². The van der Waals surface area contributed by atoms with E-state index < -0.39 is 35.1 Å². The van der Waals surface area contributed by atoms with Crippen molar-refractivity contribution in [3.8, 4) is 0 Å². The molecule has 14 heteroatoms. The van der Waals surface area contributed by atoms with Gasteiger partial charge in [0.2, 0.25) is 0 Å². The van der Waals surface area contributed by atoms with Gasteiger partial charge in [-0.1, -0.05) is 11.6 Å². The van der Waals surface area contributed by atoms with Crippen molar-refractivity contribution in [3.63, 3.8) is 0 Å². The largest absolute Gasteiger partial charge is 0.433 e. The van der Waals surface area contributed by atoms with Crippen LogP contribution in [-0.4, -0.2) is 78.2 Å². The van der Waals surface area contributed by atoms with Gasteiger partial charge in [0.15, 0.2) is 0 Å². The highest BCUT2D eigenvalue weighted by atomic mass is 35.5. The van der Waals surface area contributed by atoms with Gasteiger partial charge in [-0.25, -0.2) is 0 Å². The van der Waals surface area contributed by atoms with Gasteiger partial charge in [0.05, 0.1) is 10.6 Å². The highest BCUT2D eigenvalue weighted by molar-refractivity contribution is 6.34. The predicted octanol–water partition coefficient (Wildman–Crippen LogP) is 5.75. The standard InChI is InChI=1S/C29H33ClF6N4O3/c1-38(2)25(41)22-4-3-21(17-23(22)30)39-11-6-18(7-12-39)15-19-8-13-40(14-9-19)26(42)27(43,29(34,35)36)20-5-10-37-24(16-20)28(31,32)33/h3-5,10,16-19,43H,6-9,11-15H2,1-2H3. The molecule has 2 amide bonds. The molecule has 3 heterocycles. The zero-order valence-electron chi connectivity index (χ0n) is 23.7. The maximum Gasteiger partial charge on any atom is 0.433 e. The molecule has 4 rings (SSSR count). The smallest absolute Gasteiger partial charge is 0.371 e. The molecule has 43 heavy (non-hydrogen) atoms. The molecule has 1 unspecified atom stereocenters. The summed E-state index contributed by atoms with van der Waals surface area (Å²) in [5.74, 6) is -1.34. The molecule has 2 fully saturated rings. The first-order chi connectivity index (χ1) is 20.0. The van der Waals surface area contributed by atoms with Gasteiger partial charge >= 0.3 is 12.4 Å². The van der Waals surface area contributed by atoms with Crippen molar-refractivity contribution in [2.45, 2.75) is 50.1 Å². The lowest BCUT2D eigenvalue weighted by molar-refractivity contribution is -0.262. The van der Waals surface area contributed by atoms with Gasteiger partial charge in [-0.3, -0.25) is 14.6 Å². The van der Waals surface area contributed by atoms with Gasteiger partial charge in [-0.05, 0) is 74.3 Å². The van der Waals surface area contributed by atoms with Gasteiger partial charge in [0.25, 0.3) is 17.4 Å². The number of halogens is 7. The lowest BCUT2D eigenvalue weighted by atomic mass is 9.82. The number of alkyl halides is 6. The van der Waals surface area contributed by atoms with Crippen molar-refractivity contribution in [1.29, 1.82) is 0 Å². The Hall–Kier alpha value is -3.06. The van der Waals surface area contributed by atoms with Crippen LogP contribution in [0.15, 0.2) is 36.5 Å². The summed E-state index contributed by atoms with van der Waals surface area (Å²) in [7, 11) is 3.31. The van der Waals surface area contributed by atoms with Crippen molar-refractivity contribution < 1.29 is 41.0 Å². The average Bonchev–Trinajstić information content (AvgIpc) is 2.95. The van der Waals surface area contributed by atoms with Crippen molar-refractivity contribution in [3.05, 3.63) is 58.4 Å². The van der Waals surface area contributed by atoms with Crippen LogP contribution in [0.1, 0.15) is 53.7 Å². The van der Waals surface area contributed by atoms with Crippen LogP contribution >= 0.6 is 11.6 Å². The molecular formula is C29H33ClF6N4O3. The Kier molecular flexibility index (Phi) is 9.55. The molecule has 2 aliphatic heterocycles. The summed E-state index contributed by atoms with van der Waals surface area (Å²) in [6, 6.07) is 6.00. The number of nitrogens with zero attached hydrogens (tertiary/aromatic N) is 4. The molecule has 0 aliphatic carbocycles. The van der Waals surface area contributed by atoms with Crippen LogP contribution < -0.4 is 4.90 Å². The summed E-state index contributed by atoms with van der Waals surface area (Å²) in [5.41, 5.74) is -5.64. The molecular weight excluding hydrogens is 602 g/mol. The van der Waals surface area contributed by atoms with Crippen LogP contribution in [0.4, 0.5) is 32.0 Å². The maximum absolute atomic E-state index is 14.0. The first-order valence-corrected chi connectivity index (χ1v) is 14.3. The Morgan fingerprint density at radius 1 is 0.953 bits per heavy atom. The van der Waals surface area contributed by atoms with Gasteiger partial charge in [-0.2, -0.15) is 26.3 Å². The second-order valence-corrected chi connectivity index (χ2v) is 11.8. The molecule has 1 atom stereocenters. The number of aliphatic hydroxyl groups is 1. The van der Waals surface area contributed by atoms with Crippen molar-refractivity contribution in [2.24, 2.45) is 11.8 Å². The minimum Gasteiger partial charge on any atom is -0.371 e. The number of rotatable bonds is 6. The number of piperidine rings is 2. The number of anilines is 1. The number of pyridine rings is 1. The Morgan fingerprint density at radius 2 is 1.53 bits per heavy atom. The summed E-state index contributed by atoms with van der Waals surface area (Å²) in [6.45, 7) is 1.44. The molecule has 2 aromatic rings. The van der Waals surface area contributed by atoms with E-state index in [1.54, 1.807) is 26.2 Å². The van der Waals surface area contributed by atoms with E-state index in [1.807, 2.05) is 6.07 Å². The first kappa shape index (κ1) is 32.8. The van der Waals surface area contributed by atoms with Gasteiger partial charge in [0.1, 0.15) is 5.69 Å². The van der Waals surface area contributed by atoms with E-state index in [2.05, 4.69) is 9.88 Å². The normalized spacial score (nSPS) is 18.8. The van der Waals surface area contributed by atoms with Gasteiger partial charge < -0.3 is 19.8 Å². The zero-order chi connectivity index (χ0) is 31.7. The second-order valence-electron chi connectivity index (χ2n) is 11.4. The van der Waals surface area contributed by atoms with Crippen molar-refractivity contribution in [2.75, 3.05) is 45.2 Å². The number of likely N-dealkylation sites (tertiary alicyclic amines) is 1. The molecule has 0 saturated carbocycles. The quantitative estimate of drug-likeness (QED) is 0.410. The fourth-order valence-corrected chi connectivity index (χ4v) is 6.09. The number of benzene rings is 1. The molecule has 0 spiro atoms. The number of hydrogen-bond acceptors (Lipinski definition) is 5. The fourth-order valence-electron chi connectivity index (χ4n) is 5.83. The SMILES string of the molecule is CN(C)C(=O)c1ccc(N2CCC(CC3CCN(C(=O)C(O)(c4ccnc(C(F)(F)F)c4)C(F)(F)F)CC3)CC2)cc1Cl. The number of hydrogen-bond donors (Lipinski definition) is 1. The molecule has 2 saturated heterocycles. The van der Waals surface area contributed by atoms with Crippen LogP contribution in [-0.2, 0) is 16.6 Å². The van der Waals surface area contributed by atoms with E-state index >= 15 is 0 Å². The van der Waals surface area contributed by atoms with E-state index in [0.717, 1.165) is 42.9 Å². The van der Waals surface area contributed by atoms with E-state index in [1.165, 1.54) is 4.90 Å². The number of carbonyl (C=O) groups excluding carboxylic acids is 2. The van der Waals surface area contributed by atoms with Crippen LogP contribution in [0.3, 0.4) is 0 Å². The molecule has 0 radical (unpaired) electrons. The summed E-state index contributed by atoms with van der Waals surface area (Å²) in [5, 5.41) is 11.0. The fraction of sp³-hybridized carbons (Fsp3) is 0.552. The number of aromatic nitrogens is 1. The lowest BCUT2D eigenvalue weighted by Crippen LogP contribution is -2.57. The van der Waals surface area contributed by atoms with Crippen LogP contribution in [0.25, 0.3) is 0 Å². The summed E-state index contributed by atoms with van der Waals surface area (Å²) < 4.78 is 81.4. The first-order valence-electron chi connectivity index (χ1n) is 13.9. The Labute approximate surface area is 250 Å². The van der Waals surface area contributed by atoms with E-state index in [9.17, 15) is 41.0 Å². The van der Waals surface area contributed by atoms with Crippen molar-refractivity contribution in [1.82, 2.24) is 14.8 Å². The zero-order valence-corrected chi connectivity index (χ0v) is 24.4. The minimum absolute atomic E-state index is 0.0472. The third kappa shape index (κ3) is 7.03. The molecule has 1 N–H and O–H groups in total. The molecule has 7 nitrogen and oxygen atoms in total. The molecule has 0 bridgehead atoms. The predicted molar refractivity (Wildman–Crippen MR) is 148 cm³/mol. The average molecular weight is 635 g/mol. The monoisotopic (exact) mass is 634 g/mol. The van der Waals surface area contributed by atoms with Gasteiger partial charge in [-0.15, -0.1) is 0 Å². The highest BCUT2D eigenvalue weighted by Gasteiger charge is 2.62. The molecule has 236 valence electrons. The number of amides is 2. The molecule has 1 aromatic heterocycles. The van der Waals surface area contributed by atoms with Gasteiger partial charge in [0, 0.05) is 57.7 Å². The van der Waals surface area contributed by atoms with Crippen molar-refractivity contribution >= 4 is 29.1 Å². The van der Waals surface area contributed by atoms with Crippen LogP contribution in [0.5, 0.6) is 0 Å². The number of carbonyl (C=O) groups is 2. The van der Waals surface area contributed by atoms with Crippen LogP contribution in [0.2, 0.25) is 5.02 Å². The second kappa shape index (κ2) is 12.5. The van der Waals surface area contributed by atoms with E-state index in [4.69, 9.17) is 11.6 Å². The summed E-state index contributed by atoms with van der Waals surface area (Å²) in [4.78, 5) is 32.8. The Bertz CT molecular complexity index is 1320. The van der Waals surface area contributed by atoms with Crippen LogP contribution in [0, 0.1) is 11.8 Å². The Morgan fingerprint density at radius 3 is 2.05 bits per heavy atom. The van der Waals surface area contributed by atoms with E-state index in [0.29, 0.717) is 41.6 Å². The maximum atomic E-state index is 14.0. The third-order valence-electron chi connectivity index (χ3n) is 8.33. The lowest BCUT2D eigenvalue weighted by Gasteiger charge is -2.40. The summed E-state index contributed by atoms with van der Waals surface area (Å²) >= 11 is 6.36. The highest BCUT2D eigenvalue weighted by Crippen LogP contribution is 2.43. The molecule has 1 aromatic carbocycles. The Balaban J connectivity index is 1.33.